The average Bonchev–Trinajstić information content (AvgIpc) is 3.03. The molecule has 124 valence electrons. The summed E-state index contributed by atoms with van der Waals surface area (Å²) in [6.45, 7) is 0. The molecule has 24 heavy (non-hydrogen) atoms. The van der Waals surface area contributed by atoms with Gasteiger partial charge in [0.1, 0.15) is 11.5 Å². The van der Waals surface area contributed by atoms with E-state index < -0.39 is 15.6 Å². The van der Waals surface area contributed by atoms with Gasteiger partial charge in [-0.15, -0.1) is 0 Å². The largest absolute Gasteiger partial charge is 0.497 e. The summed E-state index contributed by atoms with van der Waals surface area (Å²) in [5, 5.41) is 4.26. The first-order valence-corrected chi connectivity index (χ1v) is 8.97. The molecule has 0 radical (unpaired) electrons. The highest BCUT2D eigenvalue weighted by Gasteiger charge is 2.21. The van der Waals surface area contributed by atoms with Crippen LogP contribution in [0.3, 0.4) is 0 Å². The number of aromatic nitrogens is 2. The van der Waals surface area contributed by atoms with E-state index in [1.165, 1.54) is 19.2 Å². The summed E-state index contributed by atoms with van der Waals surface area (Å²) in [5.74, 6) is 0.436. The van der Waals surface area contributed by atoms with Crippen molar-refractivity contribution in [2.45, 2.75) is 10.6 Å². The molecule has 8 heteroatoms. The van der Waals surface area contributed by atoms with E-state index in [-0.39, 0.29) is 16.6 Å². The molecule has 0 aliphatic heterocycles. The smallest absolute Gasteiger partial charge is 0.242 e. The third-order valence-corrected chi connectivity index (χ3v) is 5.26. The van der Waals surface area contributed by atoms with Crippen molar-refractivity contribution in [2.24, 2.45) is 0 Å². The van der Waals surface area contributed by atoms with E-state index in [1.54, 1.807) is 36.4 Å². The summed E-state index contributed by atoms with van der Waals surface area (Å²) in [5.41, 5.74) is 0.580. The Labute approximate surface area is 144 Å². The molecular weight excluding hydrogens is 352 g/mol. The van der Waals surface area contributed by atoms with E-state index in [1.807, 2.05) is 0 Å². The van der Waals surface area contributed by atoms with Gasteiger partial charge in [0.25, 0.3) is 0 Å². The molecule has 3 rings (SSSR count). The minimum Gasteiger partial charge on any atom is -0.497 e. The van der Waals surface area contributed by atoms with Crippen LogP contribution in [0.4, 0.5) is 0 Å². The Morgan fingerprint density at radius 1 is 1.12 bits per heavy atom. The molecule has 3 aromatic rings. The molecule has 2 aromatic carbocycles. The summed E-state index contributed by atoms with van der Waals surface area (Å²) in [7, 11) is -2.09. The van der Waals surface area contributed by atoms with Crippen molar-refractivity contribution in [2.75, 3.05) is 7.11 Å². The summed E-state index contributed by atoms with van der Waals surface area (Å²) in [6.07, 6.45) is 0. The molecule has 0 N–H and O–H groups in total. The quantitative estimate of drug-likeness (QED) is 0.690. The first-order chi connectivity index (χ1) is 11.5. The Bertz CT molecular complexity index is 952. The first-order valence-electron chi connectivity index (χ1n) is 6.94. The highest BCUT2D eigenvalue weighted by atomic mass is 35.5. The highest BCUT2D eigenvalue weighted by molar-refractivity contribution is 7.90. The van der Waals surface area contributed by atoms with Gasteiger partial charge in [0, 0.05) is 5.56 Å². The van der Waals surface area contributed by atoms with Crippen LogP contribution < -0.4 is 4.74 Å². The molecule has 0 fully saturated rings. The zero-order valence-electron chi connectivity index (χ0n) is 12.6. The predicted molar refractivity (Wildman–Crippen MR) is 88.6 cm³/mol. The Hall–Kier alpha value is -2.38. The van der Waals surface area contributed by atoms with Crippen molar-refractivity contribution in [3.8, 4) is 17.1 Å². The van der Waals surface area contributed by atoms with E-state index in [0.717, 1.165) is 0 Å². The number of hydrogen-bond donors (Lipinski definition) is 0. The molecule has 0 saturated heterocycles. The summed E-state index contributed by atoms with van der Waals surface area (Å²) >= 11 is 6.07. The van der Waals surface area contributed by atoms with Gasteiger partial charge in [0.15, 0.2) is 9.84 Å². The third kappa shape index (κ3) is 3.42. The zero-order chi connectivity index (χ0) is 17.2. The topological polar surface area (TPSA) is 82.3 Å². The number of nitrogens with zero attached hydrogens (tertiary/aromatic N) is 2. The fourth-order valence-corrected chi connectivity index (χ4v) is 3.47. The van der Waals surface area contributed by atoms with Gasteiger partial charge in [-0.05, 0) is 36.4 Å². The summed E-state index contributed by atoms with van der Waals surface area (Å²) < 4.78 is 34.9. The second-order valence-electron chi connectivity index (χ2n) is 4.93. The molecule has 0 aliphatic rings. The highest BCUT2D eigenvalue weighted by Crippen LogP contribution is 2.26. The monoisotopic (exact) mass is 364 g/mol. The van der Waals surface area contributed by atoms with Crippen LogP contribution in [0.5, 0.6) is 5.75 Å². The van der Waals surface area contributed by atoms with Gasteiger partial charge in [-0.1, -0.05) is 28.9 Å². The van der Waals surface area contributed by atoms with Gasteiger partial charge in [0.05, 0.1) is 17.0 Å². The maximum absolute atomic E-state index is 12.4. The van der Waals surface area contributed by atoms with Crippen LogP contribution in [0.1, 0.15) is 5.89 Å². The minimum absolute atomic E-state index is 0.000683. The second-order valence-corrected chi connectivity index (χ2v) is 7.32. The van der Waals surface area contributed by atoms with Crippen LogP contribution in [0.25, 0.3) is 11.4 Å². The number of methoxy groups -OCH3 is 1. The molecule has 0 atom stereocenters. The first kappa shape index (κ1) is 16.5. The molecule has 0 amide bonds. The Kier molecular flexibility index (Phi) is 4.55. The van der Waals surface area contributed by atoms with Crippen molar-refractivity contribution >= 4 is 21.4 Å². The van der Waals surface area contributed by atoms with Crippen LogP contribution >= 0.6 is 11.6 Å². The van der Waals surface area contributed by atoms with Gasteiger partial charge in [-0.3, -0.25) is 0 Å². The fraction of sp³-hybridized carbons (Fsp3) is 0.125. The lowest BCUT2D eigenvalue weighted by Crippen LogP contribution is -2.05. The number of rotatable bonds is 5. The molecule has 0 unspecified atom stereocenters. The molecular formula is C16H13ClN2O4S. The van der Waals surface area contributed by atoms with Crippen LogP contribution in [0, 0.1) is 0 Å². The van der Waals surface area contributed by atoms with Crippen molar-refractivity contribution in [1.82, 2.24) is 10.1 Å². The molecule has 0 saturated carbocycles. The number of ether oxygens (including phenoxy) is 1. The van der Waals surface area contributed by atoms with E-state index in [4.69, 9.17) is 20.9 Å². The van der Waals surface area contributed by atoms with Crippen LogP contribution in [-0.4, -0.2) is 25.7 Å². The van der Waals surface area contributed by atoms with E-state index in [2.05, 4.69) is 10.1 Å². The second kappa shape index (κ2) is 6.62. The summed E-state index contributed by atoms with van der Waals surface area (Å²) in [6, 6.07) is 13.1. The third-order valence-electron chi connectivity index (χ3n) is 3.31. The molecule has 1 aromatic heterocycles. The Balaban J connectivity index is 1.84. The van der Waals surface area contributed by atoms with Crippen LogP contribution in [-0.2, 0) is 15.6 Å². The van der Waals surface area contributed by atoms with Crippen molar-refractivity contribution < 1.29 is 17.7 Å². The average molecular weight is 365 g/mol. The standard InChI is InChI=1S/C16H13ClN2O4S/c1-22-11-6-8-12(9-7-11)24(20,21)10-15-18-16(19-23-15)13-4-2-3-5-14(13)17/h2-9H,10H2,1H3. The van der Waals surface area contributed by atoms with Crippen molar-refractivity contribution in [1.29, 1.82) is 0 Å². The lowest BCUT2D eigenvalue weighted by atomic mass is 10.2. The van der Waals surface area contributed by atoms with Crippen molar-refractivity contribution in [3.63, 3.8) is 0 Å². The number of sulfone groups is 1. The minimum atomic E-state index is -3.60. The number of benzene rings is 2. The number of halogens is 1. The van der Waals surface area contributed by atoms with E-state index in [0.29, 0.717) is 16.3 Å². The number of hydrogen-bond acceptors (Lipinski definition) is 6. The summed E-state index contributed by atoms with van der Waals surface area (Å²) in [4.78, 5) is 4.27. The fourth-order valence-electron chi connectivity index (χ4n) is 2.09. The maximum atomic E-state index is 12.4. The van der Waals surface area contributed by atoms with Crippen LogP contribution in [0.15, 0.2) is 57.9 Å². The molecule has 0 aliphatic carbocycles. The SMILES string of the molecule is COc1ccc(S(=O)(=O)Cc2nc(-c3ccccc3Cl)no2)cc1. The molecule has 0 spiro atoms. The van der Waals surface area contributed by atoms with E-state index >= 15 is 0 Å². The molecule has 1 heterocycles. The van der Waals surface area contributed by atoms with Crippen LogP contribution in [0.2, 0.25) is 5.02 Å². The van der Waals surface area contributed by atoms with Gasteiger partial charge < -0.3 is 9.26 Å². The zero-order valence-corrected chi connectivity index (χ0v) is 14.2. The van der Waals surface area contributed by atoms with Gasteiger partial charge in [0.2, 0.25) is 11.7 Å². The maximum Gasteiger partial charge on any atom is 0.242 e. The molecule has 6 nitrogen and oxygen atoms in total. The Morgan fingerprint density at radius 3 is 2.50 bits per heavy atom. The Morgan fingerprint density at radius 2 is 1.83 bits per heavy atom. The van der Waals surface area contributed by atoms with Gasteiger partial charge in [-0.2, -0.15) is 4.98 Å². The lowest BCUT2D eigenvalue weighted by molar-refractivity contribution is 0.389. The van der Waals surface area contributed by atoms with Gasteiger partial charge in [-0.25, -0.2) is 8.42 Å². The van der Waals surface area contributed by atoms with E-state index in [9.17, 15) is 8.42 Å². The molecule has 0 bridgehead atoms. The lowest BCUT2D eigenvalue weighted by Gasteiger charge is -2.03. The van der Waals surface area contributed by atoms with Crippen molar-refractivity contribution in [3.05, 3.63) is 59.4 Å². The van der Waals surface area contributed by atoms with Gasteiger partial charge >= 0.3 is 0 Å². The normalized spacial score (nSPS) is 11.4. The predicted octanol–water partition coefficient (Wildman–Crippen LogP) is 3.37.